The standard InChI is InChI=1S/C37H48FNO2/c1-3-5-7-8-9-10-21-28-34(38)35(39-36(40)29-14-6-4-2)30-41-37(31-22-15-11-16-23-31,32-24-17-12-18-25-32)33-26-19-13-20-27-33/h11-13,15-28,34-35H,3-10,14,29-30H2,1-2H3,(H,39,40)/b28-21+/t34?,35-/m0/s1. The Morgan fingerprint density at radius 3 is 1.76 bits per heavy atom. The number of halogens is 1. The highest BCUT2D eigenvalue weighted by atomic mass is 19.1. The van der Waals surface area contributed by atoms with Crippen molar-refractivity contribution in [3.8, 4) is 0 Å². The van der Waals surface area contributed by atoms with Crippen LogP contribution in [0, 0.1) is 0 Å². The summed E-state index contributed by atoms with van der Waals surface area (Å²) < 4.78 is 22.7. The maximum atomic E-state index is 15.8. The van der Waals surface area contributed by atoms with E-state index in [9.17, 15) is 4.79 Å². The van der Waals surface area contributed by atoms with Gasteiger partial charge in [-0.15, -0.1) is 0 Å². The number of benzene rings is 3. The molecule has 0 saturated heterocycles. The van der Waals surface area contributed by atoms with Gasteiger partial charge in [-0.3, -0.25) is 4.79 Å². The van der Waals surface area contributed by atoms with E-state index >= 15 is 4.39 Å². The number of unbranched alkanes of at least 4 members (excludes halogenated alkanes) is 7. The maximum absolute atomic E-state index is 15.8. The van der Waals surface area contributed by atoms with Crippen LogP contribution in [-0.4, -0.2) is 24.7 Å². The van der Waals surface area contributed by atoms with Crippen LogP contribution in [0.25, 0.3) is 0 Å². The fourth-order valence-electron chi connectivity index (χ4n) is 5.24. The molecule has 1 unspecified atom stereocenters. The fourth-order valence-corrected chi connectivity index (χ4v) is 5.24. The number of allylic oxidation sites excluding steroid dienone is 1. The monoisotopic (exact) mass is 557 g/mol. The molecule has 0 aliphatic carbocycles. The van der Waals surface area contributed by atoms with Gasteiger partial charge in [0, 0.05) is 6.42 Å². The Labute approximate surface area is 247 Å². The van der Waals surface area contributed by atoms with Crippen LogP contribution in [0.5, 0.6) is 0 Å². The summed E-state index contributed by atoms with van der Waals surface area (Å²) in [5.74, 6) is -0.132. The van der Waals surface area contributed by atoms with Crippen LogP contribution in [0.4, 0.5) is 4.39 Å². The Hall–Kier alpha value is -3.24. The minimum Gasteiger partial charge on any atom is -0.359 e. The molecule has 0 aliphatic heterocycles. The molecule has 220 valence electrons. The van der Waals surface area contributed by atoms with Gasteiger partial charge in [-0.25, -0.2) is 4.39 Å². The second-order valence-electron chi connectivity index (χ2n) is 10.8. The highest BCUT2D eigenvalue weighted by Gasteiger charge is 2.39. The van der Waals surface area contributed by atoms with Crippen molar-refractivity contribution in [1.82, 2.24) is 5.32 Å². The van der Waals surface area contributed by atoms with Crippen LogP contribution >= 0.6 is 0 Å². The van der Waals surface area contributed by atoms with Gasteiger partial charge in [0.25, 0.3) is 0 Å². The van der Waals surface area contributed by atoms with Gasteiger partial charge < -0.3 is 10.1 Å². The lowest BCUT2D eigenvalue weighted by molar-refractivity contribution is -0.123. The van der Waals surface area contributed by atoms with Crippen molar-refractivity contribution in [3.05, 3.63) is 120 Å². The number of nitrogens with one attached hydrogen (secondary N) is 1. The van der Waals surface area contributed by atoms with Crippen molar-refractivity contribution in [1.29, 1.82) is 0 Å². The van der Waals surface area contributed by atoms with Crippen molar-refractivity contribution in [3.63, 3.8) is 0 Å². The minimum atomic E-state index is -1.36. The van der Waals surface area contributed by atoms with Crippen LogP contribution < -0.4 is 5.32 Å². The SMILES string of the molecule is CCCCCCC/C=C/C(F)[C@H](COC(c1ccccc1)(c1ccccc1)c1ccccc1)NC(=O)CCCCC. The first kappa shape index (κ1) is 32.3. The second-order valence-corrected chi connectivity index (χ2v) is 10.8. The predicted molar refractivity (Wildman–Crippen MR) is 169 cm³/mol. The lowest BCUT2D eigenvalue weighted by Crippen LogP contribution is -2.46. The number of carbonyl (C=O) groups is 1. The van der Waals surface area contributed by atoms with Gasteiger partial charge in [0.05, 0.1) is 12.6 Å². The molecule has 0 aromatic heterocycles. The topological polar surface area (TPSA) is 38.3 Å². The quantitative estimate of drug-likeness (QED) is 0.0906. The third kappa shape index (κ3) is 9.97. The minimum absolute atomic E-state index is 0.0141. The summed E-state index contributed by atoms with van der Waals surface area (Å²) in [4.78, 5) is 12.9. The molecule has 2 atom stereocenters. The molecule has 1 amide bonds. The molecule has 4 heteroatoms. The van der Waals surface area contributed by atoms with Crippen molar-refractivity contribution in [2.75, 3.05) is 6.61 Å². The number of hydrogen-bond donors (Lipinski definition) is 1. The largest absolute Gasteiger partial charge is 0.359 e. The molecule has 3 nitrogen and oxygen atoms in total. The van der Waals surface area contributed by atoms with Gasteiger partial charge in [-0.2, -0.15) is 0 Å². The summed E-state index contributed by atoms with van der Waals surface area (Å²) in [6.45, 7) is 4.32. The zero-order chi connectivity index (χ0) is 29.2. The summed E-state index contributed by atoms with van der Waals surface area (Å²) in [6.07, 6.45) is 12.1. The van der Waals surface area contributed by atoms with E-state index in [1.54, 1.807) is 6.08 Å². The first-order valence-corrected chi connectivity index (χ1v) is 15.5. The molecule has 3 aromatic carbocycles. The zero-order valence-electron chi connectivity index (χ0n) is 24.9. The van der Waals surface area contributed by atoms with Gasteiger partial charge in [-0.05, 0) is 36.0 Å². The molecule has 0 spiro atoms. The first-order valence-electron chi connectivity index (χ1n) is 15.5. The van der Waals surface area contributed by atoms with Crippen LogP contribution in [-0.2, 0) is 15.1 Å². The molecule has 1 N–H and O–H groups in total. The molecular weight excluding hydrogens is 509 g/mol. The van der Waals surface area contributed by atoms with Gasteiger partial charge in [-0.1, -0.05) is 156 Å². The summed E-state index contributed by atoms with van der Waals surface area (Å²) in [6, 6.07) is 29.4. The van der Waals surface area contributed by atoms with E-state index in [0.29, 0.717) is 6.42 Å². The van der Waals surface area contributed by atoms with Gasteiger partial charge in [0.1, 0.15) is 11.8 Å². The first-order chi connectivity index (χ1) is 20.1. The zero-order valence-corrected chi connectivity index (χ0v) is 24.9. The molecule has 0 heterocycles. The van der Waals surface area contributed by atoms with Crippen molar-refractivity contribution in [2.24, 2.45) is 0 Å². The number of amides is 1. The predicted octanol–water partition coefficient (Wildman–Crippen LogP) is 9.32. The van der Waals surface area contributed by atoms with Gasteiger partial charge >= 0.3 is 0 Å². The summed E-state index contributed by atoms with van der Waals surface area (Å²) in [5.41, 5.74) is 1.87. The third-order valence-corrected chi connectivity index (χ3v) is 7.55. The lowest BCUT2D eigenvalue weighted by Gasteiger charge is -2.37. The second kappa shape index (κ2) is 18.2. The molecule has 41 heavy (non-hydrogen) atoms. The number of rotatable bonds is 19. The summed E-state index contributed by atoms with van der Waals surface area (Å²) in [7, 11) is 0. The Morgan fingerprint density at radius 1 is 0.756 bits per heavy atom. The van der Waals surface area contributed by atoms with E-state index in [0.717, 1.165) is 55.2 Å². The summed E-state index contributed by atoms with van der Waals surface area (Å²) in [5, 5.41) is 2.98. The molecule has 3 aromatic rings. The Kier molecular flexibility index (Phi) is 14.4. The highest BCUT2D eigenvalue weighted by Crippen LogP contribution is 2.40. The third-order valence-electron chi connectivity index (χ3n) is 7.55. The number of hydrogen-bond acceptors (Lipinski definition) is 2. The van der Waals surface area contributed by atoms with E-state index < -0.39 is 17.8 Å². The van der Waals surface area contributed by atoms with Crippen LogP contribution in [0.1, 0.15) is 94.7 Å². The highest BCUT2D eigenvalue weighted by molar-refractivity contribution is 5.76. The molecular formula is C37H48FNO2. The normalized spacial score (nSPS) is 13.2. The van der Waals surface area contributed by atoms with Crippen LogP contribution in [0.15, 0.2) is 103 Å². The van der Waals surface area contributed by atoms with Crippen LogP contribution in [0.2, 0.25) is 0 Å². The Balaban J connectivity index is 1.89. The number of ether oxygens (including phenoxy) is 1. The molecule has 0 bridgehead atoms. The maximum Gasteiger partial charge on any atom is 0.220 e. The number of carbonyl (C=O) groups excluding carboxylic acids is 1. The van der Waals surface area contributed by atoms with Crippen molar-refractivity contribution < 1.29 is 13.9 Å². The fraction of sp³-hybridized carbons (Fsp3) is 0.432. The van der Waals surface area contributed by atoms with E-state index in [2.05, 4.69) is 19.2 Å². The van der Waals surface area contributed by atoms with Gasteiger partial charge in [0.15, 0.2) is 0 Å². The average Bonchev–Trinajstić information content (AvgIpc) is 3.02. The molecule has 0 radical (unpaired) electrons. The lowest BCUT2D eigenvalue weighted by atomic mass is 9.80. The van der Waals surface area contributed by atoms with Gasteiger partial charge in [0.2, 0.25) is 5.91 Å². The van der Waals surface area contributed by atoms with Crippen molar-refractivity contribution >= 4 is 5.91 Å². The molecule has 0 saturated carbocycles. The molecule has 0 fully saturated rings. The van der Waals surface area contributed by atoms with Crippen molar-refractivity contribution in [2.45, 2.75) is 95.9 Å². The Morgan fingerprint density at radius 2 is 1.24 bits per heavy atom. The van der Waals surface area contributed by atoms with Crippen LogP contribution in [0.3, 0.4) is 0 Å². The summed E-state index contributed by atoms with van der Waals surface area (Å²) >= 11 is 0. The Bertz CT molecular complexity index is 1040. The van der Waals surface area contributed by atoms with E-state index in [4.69, 9.17) is 4.74 Å². The smallest absolute Gasteiger partial charge is 0.220 e. The van der Waals surface area contributed by atoms with E-state index in [-0.39, 0.29) is 12.5 Å². The molecule has 3 rings (SSSR count). The average molecular weight is 558 g/mol. The van der Waals surface area contributed by atoms with E-state index in [1.165, 1.54) is 19.3 Å². The number of alkyl halides is 1. The molecule has 0 aliphatic rings. The van der Waals surface area contributed by atoms with E-state index in [1.807, 2.05) is 97.1 Å².